The van der Waals surface area contributed by atoms with Gasteiger partial charge < -0.3 is 19.9 Å². The Hall–Kier alpha value is -2.01. The van der Waals surface area contributed by atoms with Gasteiger partial charge in [-0.1, -0.05) is 12.2 Å². The van der Waals surface area contributed by atoms with Crippen LogP contribution < -0.4 is 10.1 Å². The molecule has 19 heavy (non-hydrogen) atoms. The molecule has 0 aromatic heterocycles. The van der Waals surface area contributed by atoms with E-state index in [1.165, 1.54) is 19.2 Å². The molecule has 1 aromatic carbocycles. The number of phenols is 1. The van der Waals surface area contributed by atoms with E-state index in [1.54, 1.807) is 6.07 Å². The van der Waals surface area contributed by atoms with Gasteiger partial charge in [0.1, 0.15) is 11.5 Å². The molecule has 0 unspecified atom stereocenters. The number of methoxy groups -OCH3 is 1. The second-order valence-electron chi connectivity index (χ2n) is 4.15. The topological polar surface area (TPSA) is 67.8 Å². The molecule has 0 aliphatic carbocycles. The molecule has 1 amide bonds. The average Bonchev–Trinajstić information content (AvgIpc) is 2.38. The average molecular weight is 265 g/mol. The molecule has 0 saturated heterocycles. The molecule has 5 nitrogen and oxygen atoms in total. The minimum Gasteiger partial charge on any atom is -0.507 e. The van der Waals surface area contributed by atoms with Crippen LogP contribution in [-0.4, -0.2) is 37.9 Å². The number of nitrogens with one attached hydrogen (secondary N) is 1. The molecule has 0 aliphatic rings. The van der Waals surface area contributed by atoms with Crippen molar-refractivity contribution >= 4 is 5.91 Å². The quantitative estimate of drug-likeness (QED) is 0.582. The Morgan fingerprint density at radius 1 is 1.47 bits per heavy atom. The summed E-state index contributed by atoms with van der Waals surface area (Å²) in [6.07, 6.45) is 0. The van der Waals surface area contributed by atoms with E-state index in [4.69, 9.17) is 9.47 Å². The molecule has 0 fully saturated rings. The molecule has 0 spiro atoms. The Morgan fingerprint density at radius 2 is 2.21 bits per heavy atom. The maximum Gasteiger partial charge on any atom is 0.255 e. The summed E-state index contributed by atoms with van der Waals surface area (Å²) in [5.74, 6) is 0.0676. The third-order valence-corrected chi connectivity index (χ3v) is 2.33. The standard InChI is InChI=1S/C14H19NO4/c1-10(2)9-19-7-6-15-14(17)12-8-11(18-3)4-5-13(12)16/h4-5,8,16H,1,6-7,9H2,2-3H3,(H,15,17). The van der Waals surface area contributed by atoms with E-state index in [2.05, 4.69) is 11.9 Å². The van der Waals surface area contributed by atoms with E-state index < -0.39 is 0 Å². The Balaban J connectivity index is 2.47. The van der Waals surface area contributed by atoms with Gasteiger partial charge in [-0.3, -0.25) is 4.79 Å². The van der Waals surface area contributed by atoms with Crippen LogP contribution in [0.1, 0.15) is 17.3 Å². The van der Waals surface area contributed by atoms with Gasteiger partial charge in [0, 0.05) is 6.54 Å². The molecular weight excluding hydrogens is 246 g/mol. The molecule has 0 heterocycles. The highest BCUT2D eigenvalue weighted by Crippen LogP contribution is 2.22. The van der Waals surface area contributed by atoms with Gasteiger partial charge in [0.25, 0.3) is 5.91 Å². The zero-order valence-electron chi connectivity index (χ0n) is 11.2. The summed E-state index contributed by atoms with van der Waals surface area (Å²) in [5, 5.41) is 12.3. The van der Waals surface area contributed by atoms with Crippen LogP contribution in [-0.2, 0) is 4.74 Å². The fourth-order valence-electron chi connectivity index (χ4n) is 1.40. The summed E-state index contributed by atoms with van der Waals surface area (Å²) in [7, 11) is 1.50. The van der Waals surface area contributed by atoms with Crippen LogP contribution in [0, 0.1) is 0 Å². The fraction of sp³-hybridized carbons (Fsp3) is 0.357. The van der Waals surface area contributed by atoms with E-state index in [1.807, 2.05) is 6.92 Å². The lowest BCUT2D eigenvalue weighted by atomic mass is 10.2. The highest BCUT2D eigenvalue weighted by Gasteiger charge is 2.11. The van der Waals surface area contributed by atoms with Crippen LogP contribution in [0.25, 0.3) is 0 Å². The lowest BCUT2D eigenvalue weighted by molar-refractivity contribution is 0.0924. The fourth-order valence-corrected chi connectivity index (χ4v) is 1.40. The minimum atomic E-state index is -0.365. The van der Waals surface area contributed by atoms with Crippen LogP contribution in [0.4, 0.5) is 0 Å². The van der Waals surface area contributed by atoms with Crippen LogP contribution >= 0.6 is 0 Å². The maximum atomic E-state index is 11.8. The summed E-state index contributed by atoms with van der Waals surface area (Å²) < 4.78 is 10.3. The van der Waals surface area contributed by atoms with Crippen molar-refractivity contribution in [1.29, 1.82) is 0 Å². The number of rotatable bonds is 7. The van der Waals surface area contributed by atoms with Gasteiger partial charge in [0.15, 0.2) is 0 Å². The lowest BCUT2D eigenvalue weighted by Crippen LogP contribution is -2.27. The van der Waals surface area contributed by atoms with Gasteiger partial charge in [0.2, 0.25) is 0 Å². The van der Waals surface area contributed by atoms with Gasteiger partial charge in [0.05, 0.1) is 25.9 Å². The van der Waals surface area contributed by atoms with E-state index in [9.17, 15) is 9.90 Å². The number of phenolic OH excluding ortho intramolecular Hbond substituents is 1. The van der Waals surface area contributed by atoms with Crippen LogP contribution in [0.5, 0.6) is 11.5 Å². The SMILES string of the molecule is C=C(C)COCCNC(=O)c1cc(OC)ccc1O. The second kappa shape index (κ2) is 7.43. The predicted octanol–water partition coefficient (Wildman–Crippen LogP) is 1.72. The van der Waals surface area contributed by atoms with Crippen molar-refractivity contribution in [3.05, 3.63) is 35.9 Å². The van der Waals surface area contributed by atoms with E-state index in [0.29, 0.717) is 25.5 Å². The van der Waals surface area contributed by atoms with Crippen molar-refractivity contribution in [2.75, 3.05) is 26.9 Å². The highest BCUT2D eigenvalue weighted by atomic mass is 16.5. The van der Waals surface area contributed by atoms with Crippen molar-refractivity contribution in [2.24, 2.45) is 0 Å². The highest BCUT2D eigenvalue weighted by molar-refractivity contribution is 5.97. The molecule has 0 radical (unpaired) electrons. The molecule has 0 bridgehead atoms. The van der Waals surface area contributed by atoms with Crippen molar-refractivity contribution in [1.82, 2.24) is 5.32 Å². The van der Waals surface area contributed by atoms with Crippen LogP contribution in [0.15, 0.2) is 30.4 Å². The van der Waals surface area contributed by atoms with Gasteiger partial charge in [-0.2, -0.15) is 0 Å². The summed E-state index contributed by atoms with van der Waals surface area (Å²) >= 11 is 0. The first kappa shape index (κ1) is 15.0. The summed E-state index contributed by atoms with van der Waals surface area (Å²) in [4.78, 5) is 11.8. The molecule has 104 valence electrons. The molecule has 5 heteroatoms. The third-order valence-electron chi connectivity index (χ3n) is 2.33. The molecule has 1 aromatic rings. The first-order chi connectivity index (χ1) is 9.04. The normalized spacial score (nSPS) is 10.0. The van der Waals surface area contributed by atoms with Crippen molar-refractivity contribution in [2.45, 2.75) is 6.92 Å². The number of ether oxygens (including phenoxy) is 2. The summed E-state index contributed by atoms with van der Waals surface area (Å²) in [6.45, 7) is 6.80. The Kier molecular flexibility index (Phi) is 5.89. The van der Waals surface area contributed by atoms with E-state index >= 15 is 0 Å². The molecular formula is C14H19NO4. The Labute approximate surface area is 112 Å². The van der Waals surface area contributed by atoms with Crippen LogP contribution in [0.3, 0.4) is 0 Å². The van der Waals surface area contributed by atoms with Gasteiger partial charge in [-0.05, 0) is 25.1 Å². The molecule has 0 saturated carbocycles. The summed E-state index contributed by atoms with van der Waals surface area (Å²) in [6, 6.07) is 4.49. The summed E-state index contributed by atoms with van der Waals surface area (Å²) in [5.41, 5.74) is 1.11. The molecule has 0 aliphatic heterocycles. The molecule has 1 rings (SSSR count). The second-order valence-corrected chi connectivity index (χ2v) is 4.15. The van der Waals surface area contributed by atoms with Crippen molar-refractivity contribution in [3.63, 3.8) is 0 Å². The number of amides is 1. The van der Waals surface area contributed by atoms with Gasteiger partial charge in [-0.15, -0.1) is 0 Å². The largest absolute Gasteiger partial charge is 0.507 e. The van der Waals surface area contributed by atoms with Crippen LogP contribution in [0.2, 0.25) is 0 Å². The Morgan fingerprint density at radius 3 is 2.84 bits per heavy atom. The van der Waals surface area contributed by atoms with E-state index in [0.717, 1.165) is 5.57 Å². The Bertz CT molecular complexity index is 457. The number of hydrogen-bond acceptors (Lipinski definition) is 4. The third kappa shape index (κ3) is 5.01. The molecule has 2 N–H and O–H groups in total. The first-order valence-electron chi connectivity index (χ1n) is 5.92. The van der Waals surface area contributed by atoms with Crippen molar-refractivity contribution in [3.8, 4) is 11.5 Å². The number of benzene rings is 1. The monoisotopic (exact) mass is 265 g/mol. The number of carbonyl (C=O) groups is 1. The minimum absolute atomic E-state index is 0.0823. The number of carbonyl (C=O) groups excluding carboxylic acids is 1. The van der Waals surface area contributed by atoms with E-state index in [-0.39, 0.29) is 17.2 Å². The maximum absolute atomic E-state index is 11.8. The zero-order valence-corrected chi connectivity index (χ0v) is 11.2. The van der Waals surface area contributed by atoms with Crippen molar-refractivity contribution < 1.29 is 19.4 Å². The smallest absolute Gasteiger partial charge is 0.255 e. The molecule has 0 atom stereocenters. The van der Waals surface area contributed by atoms with Gasteiger partial charge in [-0.25, -0.2) is 0 Å². The van der Waals surface area contributed by atoms with Gasteiger partial charge >= 0.3 is 0 Å². The number of aromatic hydroxyl groups is 1. The lowest BCUT2D eigenvalue weighted by Gasteiger charge is -2.09. The first-order valence-corrected chi connectivity index (χ1v) is 5.92. The predicted molar refractivity (Wildman–Crippen MR) is 72.6 cm³/mol. The number of hydrogen-bond donors (Lipinski definition) is 2. The zero-order chi connectivity index (χ0) is 14.3.